The standard InChI is InChI=1S/C29H35F3N4O7S2/c1-44-21-5-7-22(8-6-21)45(41,42)17-18-2-4-20(37)15-25(18)34-26(38)16-33-27(39)23-14-19(29(30,31)32)3-9-24(23)35-28(40)36-10-12-43-13-11-36/h3,5-9,14,18,20,25,37H,2,4,10-13,15-17H2,1H3,(H,33,39)(H,34,38)(H,35,40)/t18-,20-,25-/m0/s1. The molecule has 2 aliphatic rings. The molecule has 1 saturated carbocycles. The predicted octanol–water partition coefficient (Wildman–Crippen LogP) is 3.14. The number of benzene rings is 2. The number of morpholine rings is 1. The highest BCUT2D eigenvalue weighted by molar-refractivity contribution is 7.98. The Balaban J connectivity index is 1.43. The van der Waals surface area contributed by atoms with Crippen LogP contribution in [0.25, 0.3) is 0 Å². The molecule has 4 N–H and O–H groups in total. The Morgan fingerprint density at radius 3 is 2.40 bits per heavy atom. The highest BCUT2D eigenvalue weighted by atomic mass is 32.2. The van der Waals surface area contributed by atoms with Crippen molar-refractivity contribution in [2.75, 3.05) is 50.2 Å². The lowest BCUT2D eigenvalue weighted by Gasteiger charge is -2.34. The first-order valence-electron chi connectivity index (χ1n) is 14.2. The first-order chi connectivity index (χ1) is 21.3. The number of aliphatic hydroxyl groups is 1. The largest absolute Gasteiger partial charge is 0.416 e. The van der Waals surface area contributed by atoms with Gasteiger partial charge in [0.25, 0.3) is 5.91 Å². The van der Waals surface area contributed by atoms with Crippen LogP contribution in [0.15, 0.2) is 52.3 Å². The van der Waals surface area contributed by atoms with E-state index >= 15 is 0 Å². The van der Waals surface area contributed by atoms with Crippen molar-refractivity contribution in [3.63, 3.8) is 0 Å². The van der Waals surface area contributed by atoms with Crippen LogP contribution in [0, 0.1) is 5.92 Å². The maximum absolute atomic E-state index is 13.4. The van der Waals surface area contributed by atoms with E-state index in [2.05, 4.69) is 16.0 Å². The minimum atomic E-state index is -4.77. The molecule has 1 aliphatic heterocycles. The number of halogens is 3. The number of urea groups is 1. The molecule has 4 rings (SSSR count). The molecule has 0 spiro atoms. The summed E-state index contributed by atoms with van der Waals surface area (Å²) in [5, 5.41) is 17.7. The Morgan fingerprint density at radius 2 is 1.76 bits per heavy atom. The zero-order valence-electron chi connectivity index (χ0n) is 24.4. The summed E-state index contributed by atoms with van der Waals surface area (Å²) in [6.45, 7) is 0.458. The van der Waals surface area contributed by atoms with Gasteiger partial charge in [-0.25, -0.2) is 13.2 Å². The summed E-state index contributed by atoms with van der Waals surface area (Å²) in [5.74, 6) is -2.56. The predicted molar refractivity (Wildman–Crippen MR) is 161 cm³/mol. The monoisotopic (exact) mass is 672 g/mol. The fraction of sp³-hybridized carbons (Fsp3) is 0.483. The average Bonchev–Trinajstić information content (AvgIpc) is 3.01. The van der Waals surface area contributed by atoms with Crippen LogP contribution in [-0.2, 0) is 25.5 Å². The number of carbonyl (C=O) groups is 3. The van der Waals surface area contributed by atoms with Gasteiger partial charge in [-0.1, -0.05) is 0 Å². The normalized spacial score (nSPS) is 20.7. The SMILES string of the molecule is CSc1ccc(S(=O)(=O)C[C@@H]2CC[C@H](O)C[C@@H]2NC(=O)CNC(=O)c2cc(C(F)(F)F)ccc2NC(=O)N2CCOCC2)cc1. The fourth-order valence-electron chi connectivity index (χ4n) is 5.24. The number of ether oxygens (including phenoxy) is 1. The van der Waals surface area contributed by atoms with Gasteiger partial charge in [-0.15, -0.1) is 11.8 Å². The molecular weight excluding hydrogens is 637 g/mol. The molecule has 3 atom stereocenters. The average molecular weight is 673 g/mol. The van der Waals surface area contributed by atoms with E-state index in [0.717, 1.165) is 17.0 Å². The molecule has 0 bridgehead atoms. The van der Waals surface area contributed by atoms with Crippen LogP contribution in [0.1, 0.15) is 35.2 Å². The van der Waals surface area contributed by atoms with Gasteiger partial charge in [-0.2, -0.15) is 13.2 Å². The van der Waals surface area contributed by atoms with Gasteiger partial charge in [-0.3, -0.25) is 9.59 Å². The molecule has 4 amide bonds. The summed E-state index contributed by atoms with van der Waals surface area (Å²) in [6.07, 6.45) is -2.90. The van der Waals surface area contributed by atoms with Crippen molar-refractivity contribution >= 4 is 45.1 Å². The van der Waals surface area contributed by atoms with Gasteiger partial charge >= 0.3 is 12.2 Å². The lowest BCUT2D eigenvalue weighted by Crippen LogP contribution is -2.50. The van der Waals surface area contributed by atoms with Gasteiger partial charge in [0, 0.05) is 24.0 Å². The number of hydrogen-bond acceptors (Lipinski definition) is 8. The van der Waals surface area contributed by atoms with Crippen molar-refractivity contribution in [3.8, 4) is 0 Å². The van der Waals surface area contributed by atoms with Crippen molar-refractivity contribution in [2.45, 2.75) is 47.4 Å². The molecule has 1 saturated heterocycles. The van der Waals surface area contributed by atoms with E-state index in [9.17, 15) is 41.1 Å². The summed E-state index contributed by atoms with van der Waals surface area (Å²) in [6, 6.07) is 7.39. The molecule has 0 unspecified atom stereocenters. The number of thioether (sulfide) groups is 1. The van der Waals surface area contributed by atoms with E-state index in [-0.39, 0.29) is 35.8 Å². The molecule has 246 valence electrons. The van der Waals surface area contributed by atoms with Crippen LogP contribution in [0.2, 0.25) is 0 Å². The second-order valence-corrected chi connectivity index (χ2v) is 13.7. The van der Waals surface area contributed by atoms with E-state index in [4.69, 9.17) is 4.74 Å². The van der Waals surface area contributed by atoms with Crippen molar-refractivity contribution in [2.24, 2.45) is 5.92 Å². The third kappa shape index (κ3) is 9.34. The van der Waals surface area contributed by atoms with E-state index in [1.807, 2.05) is 6.26 Å². The summed E-state index contributed by atoms with van der Waals surface area (Å²) >= 11 is 1.47. The van der Waals surface area contributed by atoms with Crippen LogP contribution < -0.4 is 16.0 Å². The molecule has 0 radical (unpaired) electrons. The topological polar surface area (TPSA) is 154 Å². The lowest BCUT2D eigenvalue weighted by atomic mass is 9.84. The molecular formula is C29H35F3N4O7S2. The van der Waals surface area contributed by atoms with Gasteiger partial charge in [0.2, 0.25) is 5.91 Å². The minimum Gasteiger partial charge on any atom is -0.393 e. The first kappa shape index (κ1) is 34.5. The molecule has 1 aliphatic carbocycles. The molecule has 2 aromatic carbocycles. The van der Waals surface area contributed by atoms with Crippen molar-refractivity contribution in [1.29, 1.82) is 0 Å². The molecule has 0 aromatic heterocycles. The van der Waals surface area contributed by atoms with Crippen LogP contribution >= 0.6 is 11.8 Å². The molecule has 1 heterocycles. The van der Waals surface area contributed by atoms with Crippen LogP contribution in [0.4, 0.5) is 23.7 Å². The van der Waals surface area contributed by atoms with Gasteiger partial charge in [0.1, 0.15) is 0 Å². The summed E-state index contributed by atoms with van der Waals surface area (Å²) < 4.78 is 71.8. The molecule has 16 heteroatoms. The van der Waals surface area contributed by atoms with Gasteiger partial charge in [-0.05, 0) is 73.9 Å². The highest BCUT2D eigenvalue weighted by Crippen LogP contribution is 2.32. The van der Waals surface area contributed by atoms with Crippen molar-refractivity contribution < 1.29 is 45.8 Å². The zero-order chi connectivity index (χ0) is 32.8. The van der Waals surface area contributed by atoms with Crippen molar-refractivity contribution in [1.82, 2.24) is 15.5 Å². The van der Waals surface area contributed by atoms with Gasteiger partial charge in [0.15, 0.2) is 9.84 Å². The first-order valence-corrected chi connectivity index (χ1v) is 17.1. The van der Waals surface area contributed by atoms with E-state index in [0.29, 0.717) is 32.1 Å². The Bertz CT molecular complexity index is 1480. The number of aliphatic hydroxyl groups excluding tert-OH is 1. The molecule has 2 fully saturated rings. The number of amides is 4. The number of carbonyl (C=O) groups excluding carboxylic acids is 3. The number of alkyl halides is 3. The van der Waals surface area contributed by atoms with Gasteiger partial charge in [0.05, 0.1) is 53.3 Å². The summed E-state index contributed by atoms with van der Waals surface area (Å²) in [4.78, 5) is 41.0. The van der Waals surface area contributed by atoms with Crippen molar-refractivity contribution in [3.05, 3.63) is 53.6 Å². The van der Waals surface area contributed by atoms with E-state index in [1.54, 1.807) is 12.1 Å². The van der Waals surface area contributed by atoms with Crippen LogP contribution in [0.5, 0.6) is 0 Å². The maximum atomic E-state index is 13.4. The number of sulfone groups is 1. The Hall–Kier alpha value is -3.34. The Labute approximate surface area is 263 Å². The number of hydrogen-bond donors (Lipinski definition) is 4. The number of nitrogens with zero attached hydrogens (tertiary/aromatic N) is 1. The fourth-order valence-corrected chi connectivity index (χ4v) is 7.35. The van der Waals surface area contributed by atoms with Crippen LogP contribution in [0.3, 0.4) is 0 Å². The number of nitrogens with one attached hydrogen (secondary N) is 3. The number of rotatable bonds is 9. The van der Waals surface area contributed by atoms with E-state index in [1.165, 1.54) is 28.8 Å². The maximum Gasteiger partial charge on any atom is 0.416 e. The molecule has 2 aromatic rings. The van der Waals surface area contributed by atoms with Gasteiger partial charge < -0.3 is 30.7 Å². The highest BCUT2D eigenvalue weighted by Gasteiger charge is 2.35. The quantitative estimate of drug-likeness (QED) is 0.297. The summed E-state index contributed by atoms with van der Waals surface area (Å²) in [5.41, 5.74) is -1.79. The zero-order valence-corrected chi connectivity index (χ0v) is 26.1. The smallest absolute Gasteiger partial charge is 0.393 e. The third-order valence-corrected chi connectivity index (χ3v) is 10.3. The third-order valence-electron chi connectivity index (χ3n) is 7.71. The number of anilines is 1. The minimum absolute atomic E-state index is 0.0939. The summed E-state index contributed by atoms with van der Waals surface area (Å²) in [7, 11) is -3.72. The molecule has 45 heavy (non-hydrogen) atoms. The Morgan fingerprint density at radius 1 is 1.07 bits per heavy atom. The van der Waals surface area contributed by atoms with Crippen LogP contribution in [-0.4, -0.2) is 93.3 Å². The second kappa shape index (κ2) is 14.8. The lowest BCUT2D eigenvalue weighted by molar-refractivity contribution is -0.137. The molecule has 11 nitrogen and oxygen atoms in total. The Kier molecular flexibility index (Phi) is 11.4. The van der Waals surface area contributed by atoms with E-state index < -0.39 is 69.6 Å². The second-order valence-electron chi connectivity index (χ2n) is 10.8.